The summed E-state index contributed by atoms with van der Waals surface area (Å²) in [5, 5.41) is 8.55. The van der Waals surface area contributed by atoms with Gasteiger partial charge in [0.2, 0.25) is 0 Å². The van der Waals surface area contributed by atoms with Crippen LogP contribution in [0, 0.1) is 0 Å². The van der Waals surface area contributed by atoms with Crippen molar-refractivity contribution < 1.29 is 14.6 Å². The smallest absolute Gasteiger partial charge is 0.0828 e. The first-order valence-electron chi connectivity index (χ1n) is 5.52. The molecule has 1 aliphatic rings. The van der Waals surface area contributed by atoms with Crippen molar-refractivity contribution in [2.24, 2.45) is 5.73 Å². The summed E-state index contributed by atoms with van der Waals surface area (Å²) in [6.07, 6.45) is 0.386. The Morgan fingerprint density at radius 1 is 1.47 bits per heavy atom. The van der Waals surface area contributed by atoms with Crippen LogP contribution in [0.3, 0.4) is 0 Å². The lowest BCUT2D eigenvalue weighted by Crippen LogP contribution is -2.50. The minimum atomic E-state index is 0.0882. The molecular weight excluding hydrogens is 196 g/mol. The first kappa shape index (κ1) is 12.9. The monoisotopic (exact) mass is 218 g/mol. The SMILES string of the molecule is CC1CN(CCOCCO)CC(CN)O1. The zero-order valence-corrected chi connectivity index (χ0v) is 9.39. The standard InChI is InChI=1S/C10H22N2O3/c1-9-7-12(2-4-14-5-3-13)8-10(6-11)15-9/h9-10,13H,2-8,11H2,1H3. The second-order valence-electron chi connectivity index (χ2n) is 3.90. The molecule has 1 aliphatic heterocycles. The zero-order valence-electron chi connectivity index (χ0n) is 9.39. The van der Waals surface area contributed by atoms with E-state index in [0.717, 1.165) is 19.6 Å². The quantitative estimate of drug-likeness (QED) is 0.562. The summed E-state index contributed by atoms with van der Waals surface area (Å²) in [4.78, 5) is 2.29. The molecule has 0 bridgehead atoms. The molecule has 2 unspecified atom stereocenters. The van der Waals surface area contributed by atoms with Crippen LogP contribution < -0.4 is 5.73 Å². The number of morpholine rings is 1. The highest BCUT2D eigenvalue weighted by atomic mass is 16.5. The van der Waals surface area contributed by atoms with Crippen LogP contribution in [-0.2, 0) is 9.47 Å². The van der Waals surface area contributed by atoms with Gasteiger partial charge in [0.05, 0.1) is 32.0 Å². The molecule has 1 heterocycles. The lowest BCUT2D eigenvalue weighted by molar-refractivity contribution is -0.0773. The van der Waals surface area contributed by atoms with E-state index in [0.29, 0.717) is 19.8 Å². The van der Waals surface area contributed by atoms with E-state index in [1.807, 2.05) is 0 Å². The molecule has 1 saturated heterocycles. The molecule has 0 saturated carbocycles. The van der Waals surface area contributed by atoms with E-state index in [1.165, 1.54) is 0 Å². The molecule has 1 fully saturated rings. The molecule has 5 nitrogen and oxygen atoms in total. The third-order valence-corrected chi connectivity index (χ3v) is 2.45. The number of aliphatic hydroxyl groups is 1. The molecule has 0 aromatic heterocycles. The number of ether oxygens (including phenoxy) is 2. The Hall–Kier alpha value is -0.200. The third-order valence-electron chi connectivity index (χ3n) is 2.45. The summed E-state index contributed by atoms with van der Waals surface area (Å²) in [5.74, 6) is 0. The molecule has 0 aromatic rings. The van der Waals surface area contributed by atoms with Crippen LogP contribution >= 0.6 is 0 Å². The summed E-state index contributed by atoms with van der Waals surface area (Å²) < 4.78 is 10.9. The Bertz CT molecular complexity index is 169. The maximum Gasteiger partial charge on any atom is 0.0828 e. The van der Waals surface area contributed by atoms with E-state index in [-0.39, 0.29) is 18.8 Å². The third kappa shape index (κ3) is 4.90. The summed E-state index contributed by atoms with van der Waals surface area (Å²) >= 11 is 0. The fourth-order valence-electron chi connectivity index (χ4n) is 1.81. The van der Waals surface area contributed by atoms with Gasteiger partial charge in [-0.15, -0.1) is 0 Å². The highest BCUT2D eigenvalue weighted by Crippen LogP contribution is 2.09. The maximum absolute atomic E-state index is 8.55. The molecule has 0 radical (unpaired) electrons. The topological polar surface area (TPSA) is 68.0 Å². The van der Waals surface area contributed by atoms with Gasteiger partial charge in [-0.1, -0.05) is 0 Å². The van der Waals surface area contributed by atoms with Crippen LogP contribution in [0.1, 0.15) is 6.92 Å². The number of aliphatic hydroxyl groups excluding tert-OH is 1. The number of nitrogens with two attached hydrogens (primary N) is 1. The molecule has 2 atom stereocenters. The molecule has 0 spiro atoms. The molecule has 3 N–H and O–H groups in total. The largest absolute Gasteiger partial charge is 0.394 e. The summed E-state index contributed by atoms with van der Waals surface area (Å²) in [7, 11) is 0. The second-order valence-corrected chi connectivity index (χ2v) is 3.90. The normalized spacial score (nSPS) is 28.2. The Morgan fingerprint density at radius 2 is 2.27 bits per heavy atom. The van der Waals surface area contributed by atoms with Crippen molar-refractivity contribution in [3.8, 4) is 0 Å². The van der Waals surface area contributed by atoms with Crippen molar-refractivity contribution in [2.75, 3.05) is 46.0 Å². The van der Waals surface area contributed by atoms with Gasteiger partial charge in [-0.3, -0.25) is 4.90 Å². The molecule has 0 aliphatic carbocycles. The molecule has 15 heavy (non-hydrogen) atoms. The van der Waals surface area contributed by atoms with Crippen molar-refractivity contribution in [1.82, 2.24) is 4.90 Å². The van der Waals surface area contributed by atoms with Gasteiger partial charge in [-0.2, -0.15) is 0 Å². The molecule has 0 amide bonds. The number of rotatable bonds is 6. The van der Waals surface area contributed by atoms with E-state index in [4.69, 9.17) is 20.3 Å². The average Bonchev–Trinajstić information content (AvgIpc) is 2.23. The van der Waals surface area contributed by atoms with Crippen molar-refractivity contribution in [2.45, 2.75) is 19.1 Å². The summed E-state index contributed by atoms with van der Waals surface area (Å²) in [6, 6.07) is 0. The van der Waals surface area contributed by atoms with E-state index >= 15 is 0 Å². The van der Waals surface area contributed by atoms with Gasteiger partial charge in [0, 0.05) is 26.2 Å². The molecule has 0 aromatic carbocycles. The van der Waals surface area contributed by atoms with E-state index < -0.39 is 0 Å². The second kappa shape index (κ2) is 7.14. The van der Waals surface area contributed by atoms with Crippen molar-refractivity contribution in [3.05, 3.63) is 0 Å². The Labute approximate surface area is 91.1 Å². The minimum Gasteiger partial charge on any atom is -0.394 e. The van der Waals surface area contributed by atoms with Gasteiger partial charge in [-0.05, 0) is 6.92 Å². The van der Waals surface area contributed by atoms with Crippen LogP contribution in [0.15, 0.2) is 0 Å². The van der Waals surface area contributed by atoms with Crippen LogP contribution in [0.4, 0.5) is 0 Å². The van der Waals surface area contributed by atoms with Crippen molar-refractivity contribution in [3.63, 3.8) is 0 Å². The molecule has 1 rings (SSSR count). The Kier molecular flexibility index (Phi) is 6.12. The van der Waals surface area contributed by atoms with Gasteiger partial charge in [0.25, 0.3) is 0 Å². The average molecular weight is 218 g/mol. The zero-order chi connectivity index (χ0) is 11.1. The fourth-order valence-corrected chi connectivity index (χ4v) is 1.81. The Morgan fingerprint density at radius 3 is 2.93 bits per heavy atom. The van der Waals surface area contributed by atoms with Gasteiger partial charge in [0.15, 0.2) is 0 Å². The first-order chi connectivity index (χ1) is 7.26. The van der Waals surface area contributed by atoms with Gasteiger partial charge >= 0.3 is 0 Å². The van der Waals surface area contributed by atoms with E-state index in [9.17, 15) is 0 Å². The summed E-state index contributed by atoms with van der Waals surface area (Å²) in [6.45, 7) is 6.48. The van der Waals surface area contributed by atoms with Gasteiger partial charge < -0.3 is 20.3 Å². The van der Waals surface area contributed by atoms with E-state index in [1.54, 1.807) is 0 Å². The lowest BCUT2D eigenvalue weighted by Gasteiger charge is -2.36. The first-order valence-corrected chi connectivity index (χ1v) is 5.52. The predicted molar refractivity (Wildman–Crippen MR) is 57.7 cm³/mol. The fraction of sp³-hybridized carbons (Fsp3) is 1.00. The van der Waals surface area contributed by atoms with Crippen molar-refractivity contribution >= 4 is 0 Å². The number of hydrogen-bond donors (Lipinski definition) is 2. The van der Waals surface area contributed by atoms with Crippen LogP contribution in [0.5, 0.6) is 0 Å². The highest BCUT2D eigenvalue weighted by molar-refractivity contribution is 4.75. The molecular formula is C10H22N2O3. The van der Waals surface area contributed by atoms with E-state index in [2.05, 4.69) is 11.8 Å². The minimum absolute atomic E-state index is 0.0882. The summed E-state index contributed by atoms with van der Waals surface area (Å²) in [5.41, 5.74) is 5.59. The number of hydrogen-bond acceptors (Lipinski definition) is 5. The predicted octanol–water partition coefficient (Wildman–Crippen LogP) is -0.957. The van der Waals surface area contributed by atoms with Crippen LogP contribution in [0.2, 0.25) is 0 Å². The molecule has 5 heteroatoms. The number of nitrogens with zero attached hydrogens (tertiary/aromatic N) is 1. The van der Waals surface area contributed by atoms with Crippen LogP contribution in [-0.4, -0.2) is 68.2 Å². The van der Waals surface area contributed by atoms with Crippen molar-refractivity contribution in [1.29, 1.82) is 0 Å². The maximum atomic E-state index is 8.55. The lowest BCUT2D eigenvalue weighted by atomic mass is 10.2. The van der Waals surface area contributed by atoms with Gasteiger partial charge in [-0.25, -0.2) is 0 Å². The van der Waals surface area contributed by atoms with Gasteiger partial charge in [0.1, 0.15) is 0 Å². The molecule has 90 valence electrons. The highest BCUT2D eigenvalue weighted by Gasteiger charge is 2.23. The Balaban J connectivity index is 2.16. The van der Waals surface area contributed by atoms with Crippen LogP contribution in [0.25, 0.3) is 0 Å².